The number of rotatable bonds is 1. The molecule has 6 nitrogen and oxygen atoms in total. The molecule has 0 radical (unpaired) electrons. The van der Waals surface area contributed by atoms with Gasteiger partial charge in [0.1, 0.15) is 6.10 Å². The van der Waals surface area contributed by atoms with Crippen LogP contribution < -0.4 is 0 Å². The third kappa shape index (κ3) is 2.35. The zero-order valence-corrected chi connectivity index (χ0v) is 9.49. The number of aliphatic hydroxyl groups excluding tert-OH is 3. The van der Waals surface area contributed by atoms with Crippen LogP contribution in [0, 0.1) is 11.3 Å². The Hall–Kier alpha value is -0.690. The fourth-order valence-corrected chi connectivity index (χ4v) is 2.05. The van der Waals surface area contributed by atoms with E-state index < -0.39 is 41.9 Å². The van der Waals surface area contributed by atoms with Crippen molar-refractivity contribution in [2.45, 2.75) is 45.4 Å². The minimum absolute atomic E-state index is 0.566. The summed E-state index contributed by atoms with van der Waals surface area (Å²) in [6.45, 7) is 5.22. The summed E-state index contributed by atoms with van der Waals surface area (Å²) in [6, 6.07) is 0. The largest absolute Gasteiger partial charge is 0.479 e. The summed E-state index contributed by atoms with van der Waals surface area (Å²) in [5.74, 6) is -2.05. The van der Waals surface area contributed by atoms with Gasteiger partial charge >= 0.3 is 5.97 Å². The summed E-state index contributed by atoms with van der Waals surface area (Å²) in [7, 11) is 0. The Morgan fingerprint density at radius 2 is 1.62 bits per heavy atom. The van der Waals surface area contributed by atoms with Gasteiger partial charge in [0.25, 0.3) is 0 Å². The summed E-state index contributed by atoms with van der Waals surface area (Å²) >= 11 is 0. The third-order valence-electron chi connectivity index (χ3n) is 2.87. The maximum absolute atomic E-state index is 11.0. The molecule has 0 aliphatic carbocycles. The van der Waals surface area contributed by atoms with Gasteiger partial charge in [0.15, 0.2) is 12.4 Å². The van der Waals surface area contributed by atoms with E-state index in [4.69, 9.17) is 9.84 Å². The first-order valence-electron chi connectivity index (χ1n) is 5.08. The maximum Gasteiger partial charge on any atom is 0.333 e. The van der Waals surface area contributed by atoms with Crippen LogP contribution in [0.15, 0.2) is 0 Å². The molecule has 0 aromatic carbocycles. The highest BCUT2D eigenvalue weighted by atomic mass is 16.6. The summed E-state index contributed by atoms with van der Waals surface area (Å²) in [5.41, 5.74) is -0.566. The van der Waals surface area contributed by atoms with E-state index >= 15 is 0 Å². The second-order valence-electron chi connectivity index (χ2n) is 5.16. The normalized spacial score (nSPS) is 40.8. The molecule has 1 aliphatic heterocycles. The van der Waals surface area contributed by atoms with Gasteiger partial charge in [-0.3, -0.25) is 0 Å². The molecule has 16 heavy (non-hydrogen) atoms. The van der Waals surface area contributed by atoms with E-state index in [1.54, 1.807) is 20.8 Å². The van der Waals surface area contributed by atoms with Gasteiger partial charge in [-0.15, -0.1) is 0 Å². The molecule has 1 fully saturated rings. The summed E-state index contributed by atoms with van der Waals surface area (Å²) < 4.78 is 4.82. The molecular weight excluding hydrogens is 216 g/mol. The van der Waals surface area contributed by atoms with E-state index in [-0.39, 0.29) is 0 Å². The lowest BCUT2D eigenvalue weighted by molar-refractivity contribution is -0.280. The van der Waals surface area contributed by atoms with Crippen molar-refractivity contribution in [2.24, 2.45) is 11.3 Å². The van der Waals surface area contributed by atoms with E-state index in [1.807, 2.05) is 0 Å². The molecule has 1 heterocycles. The number of carboxylic acids is 1. The number of ether oxygens (including phenoxy) is 1. The van der Waals surface area contributed by atoms with E-state index in [0.717, 1.165) is 0 Å². The predicted octanol–water partition coefficient (Wildman–Crippen LogP) is -0.828. The van der Waals surface area contributed by atoms with Crippen LogP contribution in [0.25, 0.3) is 0 Å². The fraction of sp³-hybridized carbons (Fsp3) is 0.900. The zero-order valence-electron chi connectivity index (χ0n) is 9.49. The number of carboxylic acid groups (broad SMARTS) is 1. The molecule has 4 N–H and O–H groups in total. The van der Waals surface area contributed by atoms with E-state index in [9.17, 15) is 20.1 Å². The van der Waals surface area contributed by atoms with Gasteiger partial charge in [-0.05, 0) is 5.41 Å². The van der Waals surface area contributed by atoms with Crippen molar-refractivity contribution < 1.29 is 30.0 Å². The zero-order chi connectivity index (χ0) is 12.7. The standard InChI is InChI=1S/C10H18O6/c1-10(2,3)4-5(11)6(12)9(15)16-7(4)8(13)14/h4-7,9,11-12,15H,1-3H3,(H,13,14)/t4-,5?,6-,7?,9+/m0/s1. The average molecular weight is 234 g/mol. The van der Waals surface area contributed by atoms with E-state index in [0.29, 0.717) is 0 Å². The first-order valence-corrected chi connectivity index (χ1v) is 5.08. The van der Waals surface area contributed by atoms with Crippen molar-refractivity contribution >= 4 is 5.97 Å². The molecule has 0 saturated carbocycles. The van der Waals surface area contributed by atoms with Gasteiger partial charge in [0.2, 0.25) is 0 Å². The lowest BCUT2D eigenvalue weighted by Crippen LogP contribution is -2.60. The summed E-state index contributed by atoms with van der Waals surface area (Å²) in [5, 5.41) is 37.5. The minimum Gasteiger partial charge on any atom is -0.479 e. The number of hydrogen-bond donors (Lipinski definition) is 4. The summed E-state index contributed by atoms with van der Waals surface area (Å²) in [6.07, 6.45) is -5.81. The number of aliphatic carboxylic acids is 1. The van der Waals surface area contributed by atoms with E-state index in [1.165, 1.54) is 0 Å². The third-order valence-corrected chi connectivity index (χ3v) is 2.87. The second kappa shape index (κ2) is 4.29. The highest BCUT2D eigenvalue weighted by Crippen LogP contribution is 2.38. The maximum atomic E-state index is 11.0. The minimum atomic E-state index is -1.67. The van der Waals surface area contributed by atoms with Crippen molar-refractivity contribution in [3.8, 4) is 0 Å². The Kier molecular flexibility index (Phi) is 3.59. The predicted molar refractivity (Wildman–Crippen MR) is 53.5 cm³/mol. The Labute approximate surface area is 93.5 Å². The lowest BCUT2D eigenvalue weighted by atomic mass is 9.71. The molecular formula is C10H18O6. The molecule has 1 saturated heterocycles. The van der Waals surface area contributed by atoms with Crippen molar-refractivity contribution in [3.63, 3.8) is 0 Å². The molecule has 0 amide bonds. The van der Waals surface area contributed by atoms with Gasteiger partial charge in [-0.25, -0.2) is 4.79 Å². The van der Waals surface area contributed by atoms with Gasteiger partial charge < -0.3 is 25.2 Å². The Bertz CT molecular complexity index is 271. The topological polar surface area (TPSA) is 107 Å². The molecule has 94 valence electrons. The van der Waals surface area contributed by atoms with Crippen LogP contribution in [-0.2, 0) is 9.53 Å². The Balaban J connectivity index is 3.03. The van der Waals surface area contributed by atoms with Gasteiger partial charge in [0.05, 0.1) is 6.10 Å². The highest BCUT2D eigenvalue weighted by Gasteiger charge is 2.51. The van der Waals surface area contributed by atoms with Gasteiger partial charge in [0, 0.05) is 5.92 Å². The lowest BCUT2D eigenvalue weighted by Gasteiger charge is -2.45. The molecule has 1 rings (SSSR count). The Morgan fingerprint density at radius 1 is 1.12 bits per heavy atom. The molecule has 5 atom stereocenters. The molecule has 1 aliphatic rings. The molecule has 0 aromatic rings. The van der Waals surface area contributed by atoms with Gasteiger partial charge in [-0.1, -0.05) is 20.8 Å². The molecule has 0 spiro atoms. The first-order chi connectivity index (χ1) is 7.16. The van der Waals surface area contributed by atoms with Crippen LogP contribution in [0.1, 0.15) is 20.8 Å². The van der Waals surface area contributed by atoms with Crippen molar-refractivity contribution in [1.29, 1.82) is 0 Å². The molecule has 6 heteroatoms. The number of hydrogen-bond acceptors (Lipinski definition) is 5. The van der Waals surface area contributed by atoms with Crippen LogP contribution in [0.5, 0.6) is 0 Å². The number of carbonyl (C=O) groups is 1. The smallest absolute Gasteiger partial charge is 0.333 e. The van der Waals surface area contributed by atoms with Crippen LogP contribution in [-0.4, -0.2) is 51.0 Å². The SMILES string of the molecule is CC(C)(C)[C@@H]1C(C(=O)O)O[C@@H](O)[C@@H](O)C1O. The summed E-state index contributed by atoms with van der Waals surface area (Å²) in [4.78, 5) is 11.0. The van der Waals surface area contributed by atoms with Crippen LogP contribution >= 0.6 is 0 Å². The van der Waals surface area contributed by atoms with Crippen LogP contribution in [0.3, 0.4) is 0 Å². The van der Waals surface area contributed by atoms with Crippen LogP contribution in [0.2, 0.25) is 0 Å². The Morgan fingerprint density at radius 3 is 2.00 bits per heavy atom. The fourth-order valence-electron chi connectivity index (χ4n) is 2.05. The first kappa shape index (κ1) is 13.4. The molecule has 0 aromatic heterocycles. The molecule has 0 bridgehead atoms. The monoisotopic (exact) mass is 234 g/mol. The van der Waals surface area contributed by atoms with Crippen molar-refractivity contribution in [1.82, 2.24) is 0 Å². The van der Waals surface area contributed by atoms with Crippen molar-refractivity contribution in [2.75, 3.05) is 0 Å². The second-order valence-corrected chi connectivity index (χ2v) is 5.16. The average Bonchev–Trinajstić information content (AvgIpc) is 2.10. The quantitative estimate of drug-likeness (QED) is 0.472. The van der Waals surface area contributed by atoms with Crippen LogP contribution in [0.4, 0.5) is 0 Å². The molecule has 2 unspecified atom stereocenters. The van der Waals surface area contributed by atoms with Gasteiger partial charge in [-0.2, -0.15) is 0 Å². The van der Waals surface area contributed by atoms with E-state index in [2.05, 4.69) is 0 Å². The highest BCUT2D eigenvalue weighted by molar-refractivity contribution is 5.73. The van der Waals surface area contributed by atoms with Crippen molar-refractivity contribution in [3.05, 3.63) is 0 Å². The number of aliphatic hydroxyl groups is 3.